The summed E-state index contributed by atoms with van der Waals surface area (Å²) in [5.41, 5.74) is 0.536. The van der Waals surface area contributed by atoms with Crippen molar-refractivity contribution in [1.29, 1.82) is 0 Å². The molecule has 2 aromatic carbocycles. The van der Waals surface area contributed by atoms with Crippen LogP contribution in [-0.4, -0.2) is 26.7 Å². The van der Waals surface area contributed by atoms with Gasteiger partial charge in [-0.25, -0.2) is 13.1 Å². The van der Waals surface area contributed by atoms with E-state index in [1.165, 1.54) is 0 Å². The summed E-state index contributed by atoms with van der Waals surface area (Å²) in [5, 5.41) is 10.2. The third-order valence-electron chi connectivity index (χ3n) is 4.06. The Morgan fingerprint density at radius 3 is 2.50 bits per heavy atom. The summed E-state index contributed by atoms with van der Waals surface area (Å²) < 4.78 is 69.6. The highest BCUT2D eigenvalue weighted by molar-refractivity contribution is 7.89. The molecule has 5 nitrogen and oxygen atoms in total. The standard InChI is InChI=1S/C17H16F3NO4S/c18-17(19,20)13-2-4-14(5-3-13)26(23,24)21-10-15(22)11-1-6-16-12(9-11)7-8-25-16/h1-6,9,15,21-22H,7-8,10H2/t15-/m0/s1. The number of rotatable bonds is 5. The number of fused-ring (bicyclic) bond motifs is 1. The Labute approximate surface area is 148 Å². The number of benzene rings is 2. The molecule has 1 heterocycles. The summed E-state index contributed by atoms with van der Waals surface area (Å²) >= 11 is 0. The number of hydrogen-bond donors (Lipinski definition) is 2. The monoisotopic (exact) mass is 387 g/mol. The van der Waals surface area contributed by atoms with Gasteiger partial charge in [0.1, 0.15) is 5.75 Å². The second-order valence-corrected chi connectivity index (χ2v) is 7.62. The molecule has 0 radical (unpaired) electrons. The molecule has 2 N–H and O–H groups in total. The van der Waals surface area contributed by atoms with Gasteiger partial charge in [0.15, 0.2) is 0 Å². The quantitative estimate of drug-likeness (QED) is 0.827. The molecule has 140 valence electrons. The van der Waals surface area contributed by atoms with Gasteiger partial charge in [-0.05, 0) is 47.5 Å². The molecule has 0 bridgehead atoms. The molecule has 0 aromatic heterocycles. The van der Waals surface area contributed by atoms with Crippen LogP contribution in [0.25, 0.3) is 0 Å². The van der Waals surface area contributed by atoms with Gasteiger partial charge in [-0.2, -0.15) is 13.2 Å². The molecule has 1 aliphatic rings. The molecule has 0 saturated carbocycles. The maximum Gasteiger partial charge on any atom is 0.416 e. The first kappa shape index (κ1) is 18.7. The molecular formula is C17H16F3NO4S. The number of sulfonamides is 1. The first-order chi connectivity index (χ1) is 12.2. The van der Waals surface area contributed by atoms with Crippen molar-refractivity contribution in [3.63, 3.8) is 0 Å². The number of hydrogen-bond acceptors (Lipinski definition) is 4. The van der Waals surface area contributed by atoms with E-state index < -0.39 is 27.9 Å². The van der Waals surface area contributed by atoms with E-state index in [1.54, 1.807) is 18.2 Å². The molecule has 0 amide bonds. The Balaban J connectivity index is 1.68. The average molecular weight is 387 g/mol. The van der Waals surface area contributed by atoms with Gasteiger partial charge in [0.2, 0.25) is 10.0 Å². The molecular weight excluding hydrogens is 371 g/mol. The third-order valence-corrected chi connectivity index (χ3v) is 5.50. The zero-order valence-corrected chi connectivity index (χ0v) is 14.3. The van der Waals surface area contributed by atoms with Crippen molar-refractivity contribution >= 4 is 10.0 Å². The van der Waals surface area contributed by atoms with Crippen molar-refractivity contribution in [3.8, 4) is 5.75 Å². The zero-order chi connectivity index (χ0) is 18.9. The van der Waals surface area contributed by atoms with E-state index in [4.69, 9.17) is 4.74 Å². The molecule has 0 spiro atoms. The van der Waals surface area contributed by atoms with Gasteiger partial charge in [-0.1, -0.05) is 6.07 Å². The SMILES string of the molecule is O=S(=O)(NC[C@H](O)c1ccc2c(c1)CCO2)c1ccc(C(F)(F)F)cc1. The lowest BCUT2D eigenvalue weighted by molar-refractivity contribution is -0.137. The maximum absolute atomic E-state index is 12.5. The van der Waals surface area contributed by atoms with E-state index >= 15 is 0 Å². The Morgan fingerprint density at radius 1 is 1.15 bits per heavy atom. The minimum Gasteiger partial charge on any atom is -0.493 e. The largest absolute Gasteiger partial charge is 0.493 e. The van der Waals surface area contributed by atoms with E-state index in [0.717, 1.165) is 23.4 Å². The van der Waals surface area contributed by atoms with E-state index in [9.17, 15) is 26.7 Å². The second-order valence-electron chi connectivity index (χ2n) is 5.86. The molecule has 3 rings (SSSR count). The van der Waals surface area contributed by atoms with Gasteiger partial charge < -0.3 is 9.84 Å². The number of alkyl halides is 3. The van der Waals surface area contributed by atoms with Crippen LogP contribution in [0, 0.1) is 0 Å². The van der Waals surface area contributed by atoms with Crippen molar-refractivity contribution in [2.75, 3.05) is 13.2 Å². The molecule has 0 saturated heterocycles. The first-order valence-corrected chi connectivity index (χ1v) is 9.26. The van der Waals surface area contributed by atoms with E-state index in [-0.39, 0.29) is 11.4 Å². The van der Waals surface area contributed by atoms with Crippen molar-refractivity contribution in [2.45, 2.75) is 23.6 Å². The average Bonchev–Trinajstić information content (AvgIpc) is 3.07. The highest BCUT2D eigenvalue weighted by atomic mass is 32.2. The lowest BCUT2D eigenvalue weighted by atomic mass is 10.0. The van der Waals surface area contributed by atoms with Gasteiger partial charge in [-0.3, -0.25) is 0 Å². The summed E-state index contributed by atoms with van der Waals surface area (Å²) in [7, 11) is -4.04. The van der Waals surface area contributed by atoms with Crippen LogP contribution in [0.15, 0.2) is 47.4 Å². The van der Waals surface area contributed by atoms with Crippen LogP contribution in [-0.2, 0) is 22.6 Å². The fraction of sp³-hybridized carbons (Fsp3) is 0.294. The Bertz CT molecular complexity index is 895. The van der Waals surface area contributed by atoms with Gasteiger partial charge >= 0.3 is 6.18 Å². The second kappa shape index (κ2) is 6.90. The maximum atomic E-state index is 12.5. The molecule has 0 unspecified atom stereocenters. The fourth-order valence-corrected chi connectivity index (χ4v) is 3.67. The van der Waals surface area contributed by atoms with Gasteiger partial charge in [0.25, 0.3) is 0 Å². The summed E-state index contributed by atoms with van der Waals surface area (Å²) in [6.45, 7) is 0.262. The van der Waals surface area contributed by atoms with Crippen LogP contribution in [0.4, 0.5) is 13.2 Å². The normalized spacial score (nSPS) is 15.4. The Hall–Kier alpha value is -2.10. The number of nitrogens with one attached hydrogen (secondary N) is 1. The first-order valence-electron chi connectivity index (χ1n) is 7.77. The highest BCUT2D eigenvalue weighted by Gasteiger charge is 2.30. The minimum absolute atomic E-state index is 0.303. The van der Waals surface area contributed by atoms with E-state index in [0.29, 0.717) is 30.7 Å². The molecule has 26 heavy (non-hydrogen) atoms. The van der Waals surface area contributed by atoms with Crippen LogP contribution in [0.5, 0.6) is 5.75 Å². The lowest BCUT2D eigenvalue weighted by Crippen LogP contribution is -2.28. The molecule has 2 aromatic rings. The highest BCUT2D eigenvalue weighted by Crippen LogP contribution is 2.30. The summed E-state index contributed by atoms with van der Waals surface area (Å²) in [4.78, 5) is -0.306. The molecule has 0 fully saturated rings. The van der Waals surface area contributed by atoms with Crippen LogP contribution >= 0.6 is 0 Å². The zero-order valence-electron chi connectivity index (χ0n) is 13.5. The number of aliphatic hydroxyl groups is 1. The summed E-state index contributed by atoms with van der Waals surface area (Å²) in [6.07, 6.45) is -4.92. The van der Waals surface area contributed by atoms with E-state index in [2.05, 4.69) is 4.72 Å². The van der Waals surface area contributed by atoms with Gasteiger partial charge in [-0.15, -0.1) is 0 Å². The summed E-state index contributed by atoms with van der Waals surface area (Å²) in [6, 6.07) is 8.26. The minimum atomic E-state index is -4.54. The predicted molar refractivity (Wildman–Crippen MR) is 87.2 cm³/mol. The molecule has 9 heteroatoms. The lowest BCUT2D eigenvalue weighted by Gasteiger charge is -2.14. The third kappa shape index (κ3) is 4.00. The molecule has 0 aliphatic carbocycles. The topological polar surface area (TPSA) is 75.6 Å². The predicted octanol–water partition coefficient (Wildman–Crippen LogP) is 2.65. The van der Waals surface area contributed by atoms with Crippen molar-refractivity contribution < 1.29 is 31.4 Å². The molecule has 1 atom stereocenters. The van der Waals surface area contributed by atoms with Crippen molar-refractivity contribution in [3.05, 3.63) is 59.2 Å². The smallest absolute Gasteiger partial charge is 0.416 e. The number of ether oxygens (including phenoxy) is 1. The van der Waals surface area contributed by atoms with Crippen LogP contribution in [0.1, 0.15) is 22.8 Å². The van der Waals surface area contributed by atoms with Gasteiger partial charge in [0, 0.05) is 13.0 Å². The Kier molecular flexibility index (Phi) is 4.96. The fourth-order valence-electron chi connectivity index (χ4n) is 2.63. The van der Waals surface area contributed by atoms with Crippen molar-refractivity contribution in [2.24, 2.45) is 0 Å². The van der Waals surface area contributed by atoms with E-state index in [1.807, 2.05) is 0 Å². The van der Waals surface area contributed by atoms with Crippen LogP contribution in [0.3, 0.4) is 0 Å². The summed E-state index contributed by atoms with van der Waals surface area (Å²) in [5.74, 6) is 0.742. The van der Waals surface area contributed by atoms with Gasteiger partial charge in [0.05, 0.1) is 23.2 Å². The van der Waals surface area contributed by atoms with Crippen molar-refractivity contribution in [1.82, 2.24) is 4.72 Å². The number of halogens is 3. The number of aliphatic hydroxyl groups excluding tert-OH is 1. The molecule has 1 aliphatic heterocycles. The van der Waals surface area contributed by atoms with Crippen LogP contribution in [0.2, 0.25) is 0 Å². The Morgan fingerprint density at radius 2 is 1.85 bits per heavy atom. The van der Waals surface area contributed by atoms with Crippen LogP contribution < -0.4 is 9.46 Å².